The van der Waals surface area contributed by atoms with E-state index in [1.165, 1.54) is 0 Å². The van der Waals surface area contributed by atoms with Crippen molar-refractivity contribution in [2.45, 2.75) is 25.1 Å². The smallest absolute Gasteiger partial charge is 0.255 e. The van der Waals surface area contributed by atoms with Crippen LogP contribution < -0.4 is 5.32 Å². The van der Waals surface area contributed by atoms with E-state index >= 15 is 0 Å². The van der Waals surface area contributed by atoms with Crippen molar-refractivity contribution in [1.82, 2.24) is 4.98 Å². The molecule has 1 N–H and O–H groups in total. The van der Waals surface area contributed by atoms with Crippen molar-refractivity contribution >= 4 is 44.9 Å². The Bertz CT molecular complexity index is 871. The third kappa shape index (κ3) is 4.16. The van der Waals surface area contributed by atoms with Crippen molar-refractivity contribution in [3.8, 4) is 0 Å². The number of carbonyl (C=O) groups excluding carboxylic acids is 1. The van der Waals surface area contributed by atoms with Gasteiger partial charge in [-0.05, 0) is 43.2 Å². The first-order chi connectivity index (χ1) is 11.5. The zero-order valence-electron chi connectivity index (χ0n) is 14.0. The number of carbonyl (C=O) groups is 1. The van der Waals surface area contributed by atoms with Gasteiger partial charge in [0.2, 0.25) is 0 Å². The van der Waals surface area contributed by atoms with Crippen LogP contribution in [0.3, 0.4) is 0 Å². The summed E-state index contributed by atoms with van der Waals surface area (Å²) in [7, 11) is 0. The summed E-state index contributed by atoms with van der Waals surface area (Å²) in [6.07, 6.45) is 0. The first-order valence-electron chi connectivity index (χ1n) is 7.92. The SMILES string of the molecule is Cc1cccc(C(=O)Nc2ccc3nc(SCC(C)C)sc3c2)c1. The number of thiazole rings is 1. The molecular formula is C19H20N2OS2. The maximum Gasteiger partial charge on any atom is 0.255 e. The topological polar surface area (TPSA) is 42.0 Å². The van der Waals surface area contributed by atoms with Crippen molar-refractivity contribution in [3.05, 3.63) is 53.6 Å². The number of fused-ring (bicyclic) bond motifs is 1. The van der Waals surface area contributed by atoms with Gasteiger partial charge in [0.25, 0.3) is 5.91 Å². The molecule has 0 bridgehead atoms. The second-order valence-electron chi connectivity index (χ2n) is 6.19. The maximum absolute atomic E-state index is 12.4. The van der Waals surface area contributed by atoms with Crippen molar-refractivity contribution in [1.29, 1.82) is 0 Å². The van der Waals surface area contributed by atoms with Gasteiger partial charge in [-0.15, -0.1) is 11.3 Å². The van der Waals surface area contributed by atoms with E-state index in [2.05, 4.69) is 24.1 Å². The number of hydrogen-bond acceptors (Lipinski definition) is 4. The van der Waals surface area contributed by atoms with Gasteiger partial charge in [-0.3, -0.25) is 4.79 Å². The highest BCUT2D eigenvalue weighted by atomic mass is 32.2. The van der Waals surface area contributed by atoms with E-state index in [0.717, 1.165) is 31.6 Å². The fraction of sp³-hybridized carbons (Fsp3) is 0.263. The van der Waals surface area contributed by atoms with E-state index in [1.54, 1.807) is 23.1 Å². The Balaban J connectivity index is 1.76. The van der Waals surface area contributed by atoms with Crippen LogP contribution in [0.4, 0.5) is 5.69 Å². The third-order valence-corrected chi connectivity index (χ3v) is 6.04. The predicted molar refractivity (Wildman–Crippen MR) is 104 cm³/mol. The molecule has 0 fully saturated rings. The highest BCUT2D eigenvalue weighted by Crippen LogP contribution is 2.32. The molecule has 0 aliphatic rings. The van der Waals surface area contributed by atoms with Crippen molar-refractivity contribution in [2.75, 3.05) is 11.1 Å². The molecule has 3 nitrogen and oxygen atoms in total. The van der Waals surface area contributed by atoms with Crippen molar-refractivity contribution in [3.63, 3.8) is 0 Å². The summed E-state index contributed by atoms with van der Waals surface area (Å²) in [5.74, 6) is 1.62. The van der Waals surface area contributed by atoms with Gasteiger partial charge in [0.15, 0.2) is 4.34 Å². The fourth-order valence-electron chi connectivity index (χ4n) is 2.27. The molecule has 0 aliphatic heterocycles. The van der Waals surface area contributed by atoms with E-state index in [1.807, 2.05) is 49.4 Å². The molecule has 0 atom stereocenters. The van der Waals surface area contributed by atoms with Gasteiger partial charge in [-0.1, -0.05) is 43.3 Å². The zero-order chi connectivity index (χ0) is 17.1. The van der Waals surface area contributed by atoms with Crippen LogP contribution in [-0.4, -0.2) is 16.6 Å². The number of rotatable bonds is 5. The van der Waals surface area contributed by atoms with E-state index in [0.29, 0.717) is 11.5 Å². The predicted octanol–water partition coefficient (Wildman–Crippen LogP) is 5.61. The Hall–Kier alpha value is -1.85. The number of nitrogens with one attached hydrogen (secondary N) is 1. The number of anilines is 1. The van der Waals surface area contributed by atoms with Gasteiger partial charge in [-0.2, -0.15) is 0 Å². The number of aryl methyl sites for hydroxylation is 1. The molecule has 1 aromatic heterocycles. The monoisotopic (exact) mass is 356 g/mol. The number of benzene rings is 2. The molecule has 0 spiro atoms. The normalized spacial score (nSPS) is 11.2. The highest BCUT2D eigenvalue weighted by Gasteiger charge is 2.09. The first kappa shape index (κ1) is 17.0. The molecule has 1 heterocycles. The van der Waals surface area contributed by atoms with Gasteiger partial charge in [0.1, 0.15) is 0 Å². The molecular weight excluding hydrogens is 336 g/mol. The number of thioether (sulfide) groups is 1. The summed E-state index contributed by atoms with van der Waals surface area (Å²) in [6.45, 7) is 6.40. The lowest BCUT2D eigenvalue weighted by Crippen LogP contribution is -2.11. The lowest BCUT2D eigenvalue weighted by atomic mass is 10.1. The molecule has 2 aromatic carbocycles. The largest absolute Gasteiger partial charge is 0.322 e. The minimum absolute atomic E-state index is 0.0861. The zero-order valence-corrected chi connectivity index (χ0v) is 15.6. The van der Waals surface area contributed by atoms with Crippen LogP contribution in [0.25, 0.3) is 10.2 Å². The van der Waals surface area contributed by atoms with Crippen LogP contribution in [0.5, 0.6) is 0 Å². The molecule has 0 saturated heterocycles. The summed E-state index contributed by atoms with van der Waals surface area (Å²) in [5, 5.41) is 2.97. The number of nitrogens with zero attached hydrogens (tertiary/aromatic N) is 1. The molecule has 0 radical (unpaired) electrons. The molecule has 5 heteroatoms. The second kappa shape index (κ2) is 7.36. The molecule has 24 heavy (non-hydrogen) atoms. The van der Waals surface area contributed by atoms with Crippen LogP contribution in [-0.2, 0) is 0 Å². The van der Waals surface area contributed by atoms with E-state index in [-0.39, 0.29) is 5.91 Å². The Morgan fingerprint density at radius 3 is 2.83 bits per heavy atom. The molecule has 0 aliphatic carbocycles. The standard InChI is InChI=1S/C19H20N2OS2/c1-12(2)11-23-19-21-16-8-7-15(10-17(16)24-19)20-18(22)14-6-4-5-13(3)9-14/h4-10,12H,11H2,1-3H3,(H,20,22). The average molecular weight is 357 g/mol. The van der Waals surface area contributed by atoms with E-state index in [4.69, 9.17) is 0 Å². The molecule has 3 rings (SSSR count). The Morgan fingerprint density at radius 2 is 2.08 bits per heavy atom. The fourth-order valence-corrected chi connectivity index (χ4v) is 4.35. The molecule has 0 saturated carbocycles. The van der Waals surface area contributed by atoms with Gasteiger partial charge in [-0.25, -0.2) is 4.98 Å². The van der Waals surface area contributed by atoms with Crippen LogP contribution in [0.1, 0.15) is 29.8 Å². The van der Waals surface area contributed by atoms with Crippen LogP contribution in [0.2, 0.25) is 0 Å². The molecule has 3 aromatic rings. The third-order valence-electron chi connectivity index (χ3n) is 3.45. The van der Waals surface area contributed by atoms with Gasteiger partial charge < -0.3 is 5.32 Å². The van der Waals surface area contributed by atoms with Crippen molar-refractivity contribution < 1.29 is 4.79 Å². The first-order valence-corrected chi connectivity index (χ1v) is 9.73. The highest BCUT2D eigenvalue weighted by molar-refractivity contribution is 8.01. The molecule has 1 amide bonds. The summed E-state index contributed by atoms with van der Waals surface area (Å²) < 4.78 is 2.18. The summed E-state index contributed by atoms with van der Waals surface area (Å²) in [5.41, 5.74) is 3.54. The molecule has 0 unspecified atom stereocenters. The van der Waals surface area contributed by atoms with Gasteiger partial charge in [0, 0.05) is 17.0 Å². The summed E-state index contributed by atoms with van der Waals surface area (Å²) >= 11 is 3.47. The molecule has 124 valence electrons. The van der Waals surface area contributed by atoms with Crippen LogP contribution >= 0.6 is 23.1 Å². The number of amides is 1. The Morgan fingerprint density at radius 1 is 1.25 bits per heavy atom. The Labute approximate surface area is 150 Å². The quantitative estimate of drug-likeness (QED) is 0.605. The van der Waals surface area contributed by atoms with Crippen molar-refractivity contribution in [2.24, 2.45) is 5.92 Å². The maximum atomic E-state index is 12.4. The van der Waals surface area contributed by atoms with Crippen LogP contribution in [0, 0.1) is 12.8 Å². The lowest BCUT2D eigenvalue weighted by Gasteiger charge is -2.05. The van der Waals surface area contributed by atoms with E-state index < -0.39 is 0 Å². The van der Waals surface area contributed by atoms with E-state index in [9.17, 15) is 4.79 Å². The summed E-state index contributed by atoms with van der Waals surface area (Å²) in [4.78, 5) is 17.0. The van der Waals surface area contributed by atoms with Gasteiger partial charge in [0.05, 0.1) is 10.2 Å². The minimum Gasteiger partial charge on any atom is -0.322 e. The van der Waals surface area contributed by atoms with Crippen LogP contribution in [0.15, 0.2) is 46.8 Å². The number of hydrogen-bond donors (Lipinski definition) is 1. The Kier molecular flexibility index (Phi) is 5.21. The minimum atomic E-state index is -0.0861. The second-order valence-corrected chi connectivity index (χ2v) is 8.49. The summed E-state index contributed by atoms with van der Waals surface area (Å²) in [6, 6.07) is 13.5. The average Bonchev–Trinajstić information content (AvgIpc) is 2.95. The van der Waals surface area contributed by atoms with Gasteiger partial charge >= 0.3 is 0 Å². The number of aromatic nitrogens is 1. The lowest BCUT2D eigenvalue weighted by molar-refractivity contribution is 0.102.